The Balaban J connectivity index is 1.04. The third-order valence-corrected chi connectivity index (χ3v) is 14.1. The monoisotopic (exact) mass is 759 g/mol. The molecule has 57 heavy (non-hydrogen) atoms. The third-order valence-electron chi connectivity index (χ3n) is 11.8. The van der Waals surface area contributed by atoms with Gasteiger partial charge in [0.2, 0.25) is 0 Å². The van der Waals surface area contributed by atoms with Crippen molar-refractivity contribution in [1.82, 2.24) is 14.5 Å². The van der Waals surface area contributed by atoms with Gasteiger partial charge in [0.25, 0.3) is 0 Å². The SMILES string of the molecule is c1ccc(-c2nc(-c3ccc4c(c3)sc3ccc(-n5c6ccccc6c6c7ccccc7c7c8ccccc8sc7c65)cc34)nc3c2ccc2ccccc23)cc1. The molecule has 0 amide bonds. The lowest BCUT2D eigenvalue weighted by Crippen LogP contribution is -1.96. The van der Waals surface area contributed by atoms with Crippen LogP contribution in [0.1, 0.15) is 0 Å². The van der Waals surface area contributed by atoms with Gasteiger partial charge in [-0.1, -0.05) is 133 Å². The van der Waals surface area contributed by atoms with Crippen LogP contribution < -0.4 is 0 Å². The van der Waals surface area contributed by atoms with Gasteiger partial charge < -0.3 is 4.57 Å². The van der Waals surface area contributed by atoms with Crippen molar-refractivity contribution in [2.45, 2.75) is 0 Å². The maximum atomic E-state index is 5.28. The van der Waals surface area contributed by atoms with Crippen molar-refractivity contribution in [3.8, 4) is 28.3 Å². The molecule has 13 rings (SSSR count). The first-order chi connectivity index (χ1) is 28.3. The molecule has 0 atom stereocenters. The molecule has 13 aromatic rings. The lowest BCUT2D eigenvalue weighted by molar-refractivity contribution is 1.20. The summed E-state index contributed by atoms with van der Waals surface area (Å²) in [4.78, 5) is 10.5. The number of hydrogen-bond acceptors (Lipinski definition) is 4. The summed E-state index contributed by atoms with van der Waals surface area (Å²) < 4.78 is 7.66. The van der Waals surface area contributed by atoms with E-state index in [-0.39, 0.29) is 0 Å². The summed E-state index contributed by atoms with van der Waals surface area (Å²) in [7, 11) is 0. The summed E-state index contributed by atoms with van der Waals surface area (Å²) in [6.45, 7) is 0. The van der Waals surface area contributed by atoms with E-state index in [0.717, 1.165) is 38.9 Å². The van der Waals surface area contributed by atoms with Crippen LogP contribution >= 0.6 is 22.7 Å². The Labute approximate surface area is 334 Å². The number of fused-ring (bicyclic) bond motifs is 16. The zero-order valence-electron chi connectivity index (χ0n) is 30.4. The van der Waals surface area contributed by atoms with Gasteiger partial charge in [0.05, 0.1) is 26.9 Å². The summed E-state index contributed by atoms with van der Waals surface area (Å²) in [5.74, 6) is 0.739. The van der Waals surface area contributed by atoms with Crippen LogP contribution in [-0.2, 0) is 0 Å². The first-order valence-corrected chi connectivity index (χ1v) is 20.9. The Morgan fingerprint density at radius 2 is 1.11 bits per heavy atom. The third kappa shape index (κ3) is 4.47. The van der Waals surface area contributed by atoms with Gasteiger partial charge in [-0.15, -0.1) is 22.7 Å². The summed E-state index contributed by atoms with van der Waals surface area (Å²) in [6, 6.07) is 63.9. The zero-order valence-corrected chi connectivity index (χ0v) is 32.0. The molecule has 0 radical (unpaired) electrons. The molecule has 0 saturated heterocycles. The van der Waals surface area contributed by atoms with E-state index in [1.165, 1.54) is 84.0 Å². The molecule has 0 aliphatic carbocycles. The van der Waals surface area contributed by atoms with Crippen LogP contribution in [0.15, 0.2) is 176 Å². The van der Waals surface area contributed by atoms with Crippen molar-refractivity contribution in [3.05, 3.63) is 176 Å². The van der Waals surface area contributed by atoms with Crippen LogP contribution in [0.2, 0.25) is 0 Å². The number of benzene rings is 9. The van der Waals surface area contributed by atoms with E-state index in [4.69, 9.17) is 9.97 Å². The van der Waals surface area contributed by atoms with E-state index < -0.39 is 0 Å². The number of thiophene rings is 2. The molecule has 0 N–H and O–H groups in total. The van der Waals surface area contributed by atoms with Gasteiger partial charge in [-0.2, -0.15) is 0 Å². The van der Waals surface area contributed by atoms with Crippen LogP contribution in [0.4, 0.5) is 0 Å². The highest BCUT2D eigenvalue weighted by Gasteiger charge is 2.22. The normalized spacial score (nSPS) is 12.2. The largest absolute Gasteiger partial charge is 0.308 e. The van der Waals surface area contributed by atoms with Crippen molar-refractivity contribution in [3.63, 3.8) is 0 Å². The molecule has 0 fully saturated rings. The van der Waals surface area contributed by atoms with E-state index in [9.17, 15) is 0 Å². The second-order valence-electron chi connectivity index (χ2n) is 14.9. The predicted molar refractivity (Wildman–Crippen MR) is 246 cm³/mol. The first-order valence-electron chi connectivity index (χ1n) is 19.2. The molecule has 0 aliphatic rings. The molecule has 4 heterocycles. The van der Waals surface area contributed by atoms with Crippen LogP contribution in [0, 0.1) is 0 Å². The van der Waals surface area contributed by atoms with Gasteiger partial charge in [-0.3, -0.25) is 0 Å². The minimum atomic E-state index is 0.739. The highest BCUT2D eigenvalue weighted by atomic mass is 32.1. The van der Waals surface area contributed by atoms with Crippen LogP contribution in [0.5, 0.6) is 0 Å². The second-order valence-corrected chi connectivity index (χ2v) is 17.0. The minimum absolute atomic E-state index is 0.739. The molecule has 5 heteroatoms. The molecular weight excluding hydrogens is 731 g/mol. The molecule has 0 aliphatic heterocycles. The van der Waals surface area contributed by atoms with Crippen LogP contribution in [0.25, 0.3) is 123 Å². The Morgan fingerprint density at radius 1 is 0.404 bits per heavy atom. The van der Waals surface area contributed by atoms with Gasteiger partial charge in [-0.05, 0) is 58.6 Å². The van der Waals surface area contributed by atoms with Crippen molar-refractivity contribution < 1.29 is 0 Å². The van der Waals surface area contributed by atoms with Crippen molar-refractivity contribution in [2.24, 2.45) is 0 Å². The lowest BCUT2D eigenvalue weighted by atomic mass is 9.99. The van der Waals surface area contributed by atoms with Gasteiger partial charge in [0, 0.05) is 74.0 Å². The standard InChI is InChI=1S/C52H29N3S2/c1-2-13-31(14-3-1)48-40-26-22-30-12-4-5-15-34(30)49(40)54-52(53-48)32-23-25-35-41-29-33(24-27-44(41)56-45(35)28-32)55-42-20-10-8-18-38(42)46-36-16-6-7-17-37(36)47-39-19-9-11-21-43(39)57-51(47)50(46)55/h1-29H. The molecule has 3 nitrogen and oxygen atoms in total. The van der Waals surface area contributed by atoms with Gasteiger partial charge >= 0.3 is 0 Å². The summed E-state index contributed by atoms with van der Waals surface area (Å²) in [5, 5.41) is 13.7. The average molecular weight is 760 g/mol. The average Bonchev–Trinajstić information content (AvgIpc) is 3.96. The fraction of sp³-hybridized carbons (Fsp3) is 0. The summed E-state index contributed by atoms with van der Waals surface area (Å²) in [5.41, 5.74) is 7.70. The Bertz CT molecular complexity index is 3820. The molecule has 0 unspecified atom stereocenters. The highest BCUT2D eigenvalue weighted by Crippen LogP contribution is 2.48. The fourth-order valence-electron chi connectivity index (χ4n) is 9.25. The van der Waals surface area contributed by atoms with E-state index in [0.29, 0.717) is 0 Å². The molecule has 0 saturated carbocycles. The lowest BCUT2D eigenvalue weighted by Gasteiger charge is -2.12. The van der Waals surface area contributed by atoms with E-state index in [1.807, 2.05) is 22.7 Å². The molecule has 9 aromatic carbocycles. The van der Waals surface area contributed by atoms with Crippen LogP contribution in [0.3, 0.4) is 0 Å². The summed E-state index contributed by atoms with van der Waals surface area (Å²) in [6.07, 6.45) is 0. The Kier molecular flexibility index (Phi) is 6.48. The Morgan fingerprint density at radius 3 is 1.98 bits per heavy atom. The number of hydrogen-bond donors (Lipinski definition) is 0. The van der Waals surface area contributed by atoms with Crippen molar-refractivity contribution in [2.75, 3.05) is 0 Å². The van der Waals surface area contributed by atoms with E-state index >= 15 is 0 Å². The topological polar surface area (TPSA) is 30.7 Å². The van der Waals surface area contributed by atoms with Gasteiger partial charge in [-0.25, -0.2) is 9.97 Å². The molecule has 264 valence electrons. The Hall–Kier alpha value is -6.92. The van der Waals surface area contributed by atoms with Crippen molar-refractivity contribution >= 4 is 117 Å². The summed E-state index contributed by atoms with van der Waals surface area (Å²) >= 11 is 3.74. The van der Waals surface area contributed by atoms with Crippen molar-refractivity contribution in [1.29, 1.82) is 0 Å². The smallest absolute Gasteiger partial charge is 0.160 e. The first kappa shape index (κ1) is 31.3. The number of aromatic nitrogens is 3. The molecule has 0 spiro atoms. The van der Waals surface area contributed by atoms with E-state index in [1.54, 1.807) is 0 Å². The quantitative estimate of drug-likeness (QED) is 0.168. The maximum absolute atomic E-state index is 5.28. The number of rotatable bonds is 3. The molecule has 4 aromatic heterocycles. The van der Waals surface area contributed by atoms with Gasteiger partial charge in [0.1, 0.15) is 0 Å². The highest BCUT2D eigenvalue weighted by molar-refractivity contribution is 7.27. The number of para-hydroxylation sites is 1. The molecular formula is C52H29N3S2. The predicted octanol–water partition coefficient (Wildman–Crippen LogP) is 15.1. The minimum Gasteiger partial charge on any atom is -0.308 e. The van der Waals surface area contributed by atoms with Gasteiger partial charge in [0.15, 0.2) is 5.82 Å². The second kappa shape index (κ2) is 11.8. The molecule has 0 bridgehead atoms. The zero-order chi connectivity index (χ0) is 37.2. The number of nitrogens with zero attached hydrogens (tertiary/aromatic N) is 3. The fourth-order valence-corrected chi connectivity index (χ4v) is 11.6. The maximum Gasteiger partial charge on any atom is 0.160 e. The van der Waals surface area contributed by atoms with E-state index in [2.05, 4.69) is 180 Å². The van der Waals surface area contributed by atoms with Crippen LogP contribution in [-0.4, -0.2) is 14.5 Å².